The van der Waals surface area contributed by atoms with Crippen LogP contribution in [0, 0.1) is 0 Å². The van der Waals surface area contributed by atoms with Crippen LogP contribution >= 0.6 is 0 Å². The first-order valence-corrected chi connectivity index (χ1v) is 10.8. The van der Waals surface area contributed by atoms with Crippen LogP contribution in [0.3, 0.4) is 0 Å². The fourth-order valence-corrected chi connectivity index (χ4v) is 7.96. The molecule has 25 heavy (non-hydrogen) atoms. The Labute approximate surface area is 154 Å². The zero-order valence-electron chi connectivity index (χ0n) is 16.1. The van der Waals surface area contributed by atoms with E-state index in [4.69, 9.17) is 4.43 Å². The summed E-state index contributed by atoms with van der Waals surface area (Å²) in [6, 6.07) is 21.4. The van der Waals surface area contributed by atoms with E-state index in [0.29, 0.717) is 0 Å². The Kier molecular flexibility index (Phi) is 6.20. The first-order valence-electron chi connectivity index (χ1n) is 8.87. The van der Waals surface area contributed by atoms with Crippen molar-refractivity contribution in [2.24, 2.45) is 0 Å². The molecule has 2 aromatic rings. The zero-order valence-corrected chi connectivity index (χ0v) is 17.1. The van der Waals surface area contributed by atoms with E-state index in [2.05, 4.69) is 108 Å². The molecule has 0 amide bonds. The van der Waals surface area contributed by atoms with Crippen molar-refractivity contribution in [2.75, 3.05) is 0 Å². The Balaban J connectivity index is 2.72. The smallest absolute Gasteiger partial charge is 0.262 e. The molecule has 2 heteroatoms. The molecule has 2 rings (SSSR count). The topological polar surface area (TPSA) is 9.23 Å². The lowest BCUT2D eigenvalue weighted by molar-refractivity contribution is 0.276. The van der Waals surface area contributed by atoms with Crippen molar-refractivity contribution in [2.45, 2.75) is 45.8 Å². The number of hydrogen-bond donors (Lipinski definition) is 0. The van der Waals surface area contributed by atoms with Crippen molar-refractivity contribution in [1.29, 1.82) is 0 Å². The summed E-state index contributed by atoms with van der Waals surface area (Å²) in [6.07, 6.45) is 3.97. The molecule has 132 valence electrons. The molecule has 2 aromatic carbocycles. The molecule has 1 unspecified atom stereocenters. The first-order chi connectivity index (χ1) is 11.8. The third-order valence-corrected chi connectivity index (χ3v) is 9.49. The highest BCUT2D eigenvalue weighted by Gasteiger charge is 2.50. The standard InChI is InChI=1S/C23H30OSi/c1-7-20(18-19(2)3)24-25(23(4,5)6,21-14-10-8-11-15-21)22-16-12-9-13-17-22/h7-18,20H,1H2,2-6H3. The first kappa shape index (κ1) is 19.4. The third kappa shape index (κ3) is 4.20. The Morgan fingerprint density at radius 1 is 0.920 bits per heavy atom. The highest BCUT2D eigenvalue weighted by atomic mass is 28.4. The molecule has 0 saturated carbocycles. The van der Waals surface area contributed by atoms with E-state index >= 15 is 0 Å². The van der Waals surface area contributed by atoms with E-state index in [-0.39, 0.29) is 11.1 Å². The average molecular weight is 351 g/mol. The van der Waals surface area contributed by atoms with Gasteiger partial charge in [-0.1, -0.05) is 99.2 Å². The lowest BCUT2D eigenvalue weighted by Gasteiger charge is -2.44. The second-order valence-electron chi connectivity index (χ2n) is 7.73. The molecule has 1 nitrogen and oxygen atoms in total. The van der Waals surface area contributed by atoms with E-state index < -0.39 is 8.32 Å². The van der Waals surface area contributed by atoms with Gasteiger partial charge < -0.3 is 4.43 Å². The summed E-state index contributed by atoms with van der Waals surface area (Å²) in [7, 11) is -2.52. The van der Waals surface area contributed by atoms with Gasteiger partial charge in [0.2, 0.25) is 0 Å². The van der Waals surface area contributed by atoms with Gasteiger partial charge in [-0.15, -0.1) is 6.58 Å². The zero-order chi connectivity index (χ0) is 18.5. The predicted molar refractivity (Wildman–Crippen MR) is 112 cm³/mol. The van der Waals surface area contributed by atoms with Crippen LogP contribution in [-0.2, 0) is 4.43 Å². The van der Waals surface area contributed by atoms with Crippen LogP contribution in [0.15, 0.2) is 85.0 Å². The maximum Gasteiger partial charge on any atom is 0.262 e. The number of allylic oxidation sites excluding steroid dienone is 1. The molecule has 1 atom stereocenters. The molecule has 0 fully saturated rings. The molecule has 0 aliphatic carbocycles. The van der Waals surface area contributed by atoms with Gasteiger partial charge in [0.25, 0.3) is 8.32 Å². The van der Waals surface area contributed by atoms with Gasteiger partial charge in [0, 0.05) is 0 Å². The minimum absolute atomic E-state index is 0.0214. The molecule has 0 bridgehead atoms. The molecule has 0 aliphatic heterocycles. The lowest BCUT2D eigenvalue weighted by Crippen LogP contribution is -2.67. The van der Waals surface area contributed by atoms with Crippen LogP contribution in [0.4, 0.5) is 0 Å². The Hall–Kier alpha value is -1.90. The third-order valence-electron chi connectivity index (χ3n) is 4.46. The predicted octanol–water partition coefficient (Wildman–Crippen LogP) is 5.08. The largest absolute Gasteiger partial charge is 0.398 e. The van der Waals surface area contributed by atoms with Crippen LogP contribution < -0.4 is 10.4 Å². The molecular weight excluding hydrogens is 320 g/mol. The van der Waals surface area contributed by atoms with E-state index in [1.807, 2.05) is 6.08 Å². The molecular formula is C23H30OSi. The van der Waals surface area contributed by atoms with Crippen molar-refractivity contribution in [3.8, 4) is 0 Å². The van der Waals surface area contributed by atoms with Crippen LogP contribution in [0.5, 0.6) is 0 Å². The summed E-state index contributed by atoms with van der Waals surface area (Å²) < 4.78 is 6.98. The molecule has 0 radical (unpaired) electrons. The van der Waals surface area contributed by atoms with Gasteiger partial charge in [-0.05, 0) is 29.3 Å². The number of hydrogen-bond acceptors (Lipinski definition) is 1. The van der Waals surface area contributed by atoms with Crippen molar-refractivity contribution in [3.63, 3.8) is 0 Å². The van der Waals surface area contributed by atoms with Gasteiger partial charge in [0.1, 0.15) is 0 Å². The summed E-state index contributed by atoms with van der Waals surface area (Å²) in [5.74, 6) is 0. The summed E-state index contributed by atoms with van der Waals surface area (Å²) in [4.78, 5) is 0. The van der Waals surface area contributed by atoms with Gasteiger partial charge in [0.15, 0.2) is 0 Å². The summed E-state index contributed by atoms with van der Waals surface area (Å²) in [6.45, 7) is 15.1. The van der Waals surface area contributed by atoms with Crippen LogP contribution in [-0.4, -0.2) is 14.4 Å². The van der Waals surface area contributed by atoms with Gasteiger partial charge in [-0.3, -0.25) is 0 Å². The van der Waals surface area contributed by atoms with Crippen molar-refractivity contribution in [3.05, 3.63) is 85.0 Å². The van der Waals surface area contributed by atoms with Crippen molar-refractivity contribution >= 4 is 18.7 Å². The van der Waals surface area contributed by atoms with Crippen LogP contribution in [0.1, 0.15) is 34.6 Å². The highest BCUT2D eigenvalue weighted by Crippen LogP contribution is 2.37. The minimum Gasteiger partial charge on any atom is -0.398 e. The number of rotatable bonds is 6. The normalized spacial score (nSPS) is 13.2. The fraction of sp³-hybridized carbons (Fsp3) is 0.304. The minimum atomic E-state index is -2.52. The van der Waals surface area contributed by atoms with E-state index in [0.717, 1.165) is 0 Å². The van der Waals surface area contributed by atoms with E-state index in [1.54, 1.807) is 0 Å². The molecule has 0 N–H and O–H groups in total. The van der Waals surface area contributed by atoms with Gasteiger partial charge in [-0.2, -0.15) is 0 Å². The monoisotopic (exact) mass is 350 g/mol. The quantitative estimate of drug-likeness (QED) is 0.521. The summed E-state index contributed by atoms with van der Waals surface area (Å²) in [5.41, 5.74) is 1.24. The van der Waals surface area contributed by atoms with Crippen molar-refractivity contribution in [1.82, 2.24) is 0 Å². The average Bonchev–Trinajstić information content (AvgIpc) is 2.58. The van der Waals surface area contributed by atoms with Crippen LogP contribution in [0.25, 0.3) is 0 Å². The Morgan fingerprint density at radius 3 is 1.68 bits per heavy atom. The second-order valence-corrected chi connectivity index (χ2v) is 12.0. The van der Waals surface area contributed by atoms with Gasteiger partial charge in [-0.25, -0.2) is 0 Å². The highest BCUT2D eigenvalue weighted by molar-refractivity contribution is 6.99. The Morgan fingerprint density at radius 2 is 1.36 bits per heavy atom. The van der Waals surface area contributed by atoms with E-state index in [1.165, 1.54) is 15.9 Å². The fourth-order valence-electron chi connectivity index (χ4n) is 3.37. The Bertz CT molecular complexity index is 667. The van der Waals surface area contributed by atoms with Crippen molar-refractivity contribution < 1.29 is 4.43 Å². The SMILES string of the molecule is C=CC(C=C(C)C)O[Si](c1ccccc1)(c1ccccc1)C(C)(C)C. The number of benzene rings is 2. The van der Waals surface area contributed by atoms with E-state index in [9.17, 15) is 0 Å². The lowest BCUT2D eigenvalue weighted by atomic mass is 10.2. The summed E-state index contributed by atoms with van der Waals surface area (Å²) in [5, 5.41) is 2.57. The van der Waals surface area contributed by atoms with Gasteiger partial charge in [0.05, 0.1) is 6.10 Å². The van der Waals surface area contributed by atoms with Crippen LogP contribution in [0.2, 0.25) is 5.04 Å². The molecule has 0 aliphatic rings. The molecule has 0 spiro atoms. The molecule has 0 saturated heterocycles. The summed E-state index contributed by atoms with van der Waals surface area (Å²) >= 11 is 0. The van der Waals surface area contributed by atoms with Gasteiger partial charge >= 0.3 is 0 Å². The maximum absolute atomic E-state index is 6.98. The molecule has 0 heterocycles. The second kappa shape index (κ2) is 7.98. The maximum atomic E-state index is 6.98. The molecule has 0 aromatic heterocycles.